The highest BCUT2D eigenvalue weighted by Crippen LogP contribution is 2.26. The first-order valence-electron chi connectivity index (χ1n) is 6.41. The summed E-state index contributed by atoms with van der Waals surface area (Å²) < 4.78 is 0.828. The topological polar surface area (TPSA) is 42.0 Å². The summed E-state index contributed by atoms with van der Waals surface area (Å²) in [5.74, 6) is -0.272. The van der Waals surface area contributed by atoms with Crippen molar-refractivity contribution in [3.8, 4) is 11.3 Å². The van der Waals surface area contributed by atoms with Crippen molar-refractivity contribution in [3.05, 3.63) is 69.0 Å². The maximum absolute atomic E-state index is 12.2. The third-order valence-electron chi connectivity index (χ3n) is 2.97. The standard InChI is InChI=1S/C16H10BrClN2OS/c17-11-6-7-12(13(18)8-11)15(21)20-16-19-14(9-22-16)10-4-2-1-3-5-10/h1-9H,(H,19,20,21). The third-order valence-corrected chi connectivity index (χ3v) is 4.53. The average molecular weight is 394 g/mol. The van der Waals surface area contributed by atoms with E-state index in [-0.39, 0.29) is 5.91 Å². The van der Waals surface area contributed by atoms with Gasteiger partial charge in [-0.05, 0) is 18.2 Å². The third kappa shape index (κ3) is 3.38. The number of carbonyl (C=O) groups is 1. The Morgan fingerprint density at radius 1 is 1.18 bits per heavy atom. The van der Waals surface area contributed by atoms with Gasteiger partial charge in [0.15, 0.2) is 5.13 Å². The minimum atomic E-state index is -0.272. The number of anilines is 1. The summed E-state index contributed by atoms with van der Waals surface area (Å²) in [6.45, 7) is 0. The van der Waals surface area contributed by atoms with Gasteiger partial charge in [-0.1, -0.05) is 57.9 Å². The van der Waals surface area contributed by atoms with Gasteiger partial charge in [-0.2, -0.15) is 0 Å². The molecule has 0 aliphatic rings. The zero-order chi connectivity index (χ0) is 15.5. The molecule has 1 aromatic heterocycles. The van der Waals surface area contributed by atoms with E-state index in [4.69, 9.17) is 11.6 Å². The summed E-state index contributed by atoms with van der Waals surface area (Å²) in [6, 6.07) is 15.0. The van der Waals surface area contributed by atoms with Crippen molar-refractivity contribution >= 4 is 49.9 Å². The maximum atomic E-state index is 12.2. The van der Waals surface area contributed by atoms with Crippen LogP contribution in [0.25, 0.3) is 11.3 Å². The normalized spacial score (nSPS) is 10.5. The fourth-order valence-electron chi connectivity index (χ4n) is 1.91. The van der Waals surface area contributed by atoms with Gasteiger partial charge in [-0.15, -0.1) is 11.3 Å². The van der Waals surface area contributed by atoms with Crippen LogP contribution in [0.3, 0.4) is 0 Å². The van der Waals surface area contributed by atoms with E-state index < -0.39 is 0 Å². The molecule has 0 saturated carbocycles. The van der Waals surface area contributed by atoms with Gasteiger partial charge in [0.05, 0.1) is 16.3 Å². The second kappa shape index (κ2) is 6.60. The number of hydrogen-bond donors (Lipinski definition) is 1. The van der Waals surface area contributed by atoms with Crippen molar-refractivity contribution in [2.75, 3.05) is 5.32 Å². The van der Waals surface area contributed by atoms with E-state index in [0.29, 0.717) is 15.7 Å². The number of benzene rings is 2. The molecule has 2 aromatic carbocycles. The molecule has 110 valence electrons. The maximum Gasteiger partial charge on any atom is 0.258 e. The van der Waals surface area contributed by atoms with Crippen LogP contribution in [-0.4, -0.2) is 10.9 Å². The highest BCUT2D eigenvalue weighted by atomic mass is 79.9. The number of carbonyl (C=O) groups excluding carboxylic acids is 1. The molecule has 22 heavy (non-hydrogen) atoms. The van der Waals surface area contributed by atoms with Gasteiger partial charge in [0.2, 0.25) is 0 Å². The fourth-order valence-corrected chi connectivity index (χ4v) is 3.38. The second-order valence-electron chi connectivity index (χ2n) is 4.48. The van der Waals surface area contributed by atoms with Gasteiger partial charge >= 0.3 is 0 Å². The molecule has 0 atom stereocenters. The molecule has 3 aromatic rings. The molecule has 0 unspecified atom stereocenters. The van der Waals surface area contributed by atoms with Crippen LogP contribution in [0.4, 0.5) is 5.13 Å². The van der Waals surface area contributed by atoms with Crippen molar-refractivity contribution in [2.45, 2.75) is 0 Å². The summed E-state index contributed by atoms with van der Waals surface area (Å²) in [5, 5.41) is 5.63. The predicted octanol–water partition coefficient (Wildman–Crippen LogP) is 5.48. The lowest BCUT2D eigenvalue weighted by Crippen LogP contribution is -2.12. The highest BCUT2D eigenvalue weighted by molar-refractivity contribution is 9.10. The van der Waals surface area contributed by atoms with Crippen LogP contribution >= 0.6 is 38.9 Å². The Bertz CT molecular complexity index is 820. The quantitative estimate of drug-likeness (QED) is 0.640. The van der Waals surface area contributed by atoms with Gasteiger partial charge < -0.3 is 0 Å². The van der Waals surface area contributed by atoms with Crippen molar-refractivity contribution in [3.63, 3.8) is 0 Å². The largest absolute Gasteiger partial charge is 0.298 e. The Hall–Kier alpha value is -1.69. The van der Waals surface area contributed by atoms with Gasteiger partial charge in [0.25, 0.3) is 5.91 Å². The first kappa shape index (κ1) is 15.2. The summed E-state index contributed by atoms with van der Waals surface area (Å²) in [5.41, 5.74) is 2.27. The lowest BCUT2D eigenvalue weighted by molar-refractivity contribution is 0.102. The van der Waals surface area contributed by atoms with Crippen LogP contribution in [0.1, 0.15) is 10.4 Å². The van der Waals surface area contributed by atoms with Crippen LogP contribution in [0.15, 0.2) is 58.4 Å². The van der Waals surface area contributed by atoms with Crippen molar-refractivity contribution in [2.24, 2.45) is 0 Å². The number of hydrogen-bond acceptors (Lipinski definition) is 3. The van der Waals surface area contributed by atoms with Crippen molar-refractivity contribution in [1.82, 2.24) is 4.98 Å². The Labute approximate surface area is 145 Å². The molecule has 1 heterocycles. The Balaban J connectivity index is 1.79. The number of aromatic nitrogens is 1. The van der Waals surface area contributed by atoms with E-state index in [0.717, 1.165) is 15.7 Å². The summed E-state index contributed by atoms with van der Waals surface area (Å²) >= 11 is 10.8. The molecule has 0 radical (unpaired) electrons. The number of thiazole rings is 1. The summed E-state index contributed by atoms with van der Waals surface area (Å²) in [7, 11) is 0. The van der Waals surface area contributed by atoms with Crippen LogP contribution in [0.2, 0.25) is 5.02 Å². The molecule has 0 bridgehead atoms. The zero-order valence-electron chi connectivity index (χ0n) is 11.2. The van der Waals surface area contributed by atoms with E-state index in [1.54, 1.807) is 18.2 Å². The van der Waals surface area contributed by atoms with E-state index in [1.807, 2.05) is 35.7 Å². The number of rotatable bonds is 3. The smallest absolute Gasteiger partial charge is 0.258 e. The molecule has 0 spiro atoms. The molecule has 0 fully saturated rings. The van der Waals surface area contributed by atoms with Crippen molar-refractivity contribution in [1.29, 1.82) is 0 Å². The second-order valence-corrected chi connectivity index (χ2v) is 6.66. The van der Waals surface area contributed by atoms with Crippen LogP contribution in [0, 0.1) is 0 Å². The van der Waals surface area contributed by atoms with E-state index in [9.17, 15) is 4.79 Å². The van der Waals surface area contributed by atoms with Crippen LogP contribution < -0.4 is 5.32 Å². The average Bonchev–Trinajstić information content (AvgIpc) is 2.96. The number of amides is 1. The van der Waals surface area contributed by atoms with Gasteiger partial charge in [-0.25, -0.2) is 4.98 Å². The highest BCUT2D eigenvalue weighted by Gasteiger charge is 2.13. The molecule has 3 nitrogen and oxygen atoms in total. The number of nitrogens with one attached hydrogen (secondary N) is 1. The number of halogens is 2. The van der Waals surface area contributed by atoms with E-state index in [1.165, 1.54) is 11.3 Å². The fraction of sp³-hybridized carbons (Fsp3) is 0. The molecule has 1 amide bonds. The zero-order valence-corrected chi connectivity index (χ0v) is 14.4. The van der Waals surface area contributed by atoms with E-state index in [2.05, 4.69) is 26.2 Å². The molecular weight excluding hydrogens is 384 g/mol. The Morgan fingerprint density at radius 3 is 2.68 bits per heavy atom. The van der Waals surface area contributed by atoms with Gasteiger partial charge in [0.1, 0.15) is 0 Å². The lowest BCUT2D eigenvalue weighted by Gasteiger charge is -2.04. The van der Waals surface area contributed by atoms with Crippen LogP contribution in [-0.2, 0) is 0 Å². The molecule has 3 rings (SSSR count). The summed E-state index contributed by atoms with van der Waals surface area (Å²) in [6.07, 6.45) is 0. The van der Waals surface area contributed by atoms with Gasteiger partial charge in [0, 0.05) is 15.4 Å². The number of nitrogens with zero attached hydrogens (tertiary/aromatic N) is 1. The molecule has 0 saturated heterocycles. The van der Waals surface area contributed by atoms with Crippen molar-refractivity contribution < 1.29 is 4.79 Å². The molecular formula is C16H10BrClN2OS. The minimum Gasteiger partial charge on any atom is -0.298 e. The Morgan fingerprint density at radius 2 is 1.95 bits per heavy atom. The molecule has 0 aliphatic heterocycles. The molecule has 1 N–H and O–H groups in total. The monoisotopic (exact) mass is 392 g/mol. The minimum absolute atomic E-state index is 0.272. The molecule has 6 heteroatoms. The summed E-state index contributed by atoms with van der Waals surface area (Å²) in [4.78, 5) is 16.7. The Kier molecular flexibility index (Phi) is 4.57. The SMILES string of the molecule is O=C(Nc1nc(-c2ccccc2)cs1)c1ccc(Br)cc1Cl. The van der Waals surface area contributed by atoms with Gasteiger partial charge in [-0.3, -0.25) is 10.1 Å². The lowest BCUT2D eigenvalue weighted by atomic mass is 10.2. The molecule has 0 aliphatic carbocycles. The van der Waals surface area contributed by atoms with E-state index >= 15 is 0 Å². The predicted molar refractivity (Wildman–Crippen MR) is 94.7 cm³/mol. The first-order chi connectivity index (χ1) is 10.6. The van der Waals surface area contributed by atoms with Crippen LogP contribution in [0.5, 0.6) is 0 Å². The first-order valence-corrected chi connectivity index (χ1v) is 8.46.